The van der Waals surface area contributed by atoms with Gasteiger partial charge in [0.25, 0.3) is 0 Å². The third kappa shape index (κ3) is 4.96. The highest BCUT2D eigenvalue weighted by Crippen LogP contribution is 2.35. The summed E-state index contributed by atoms with van der Waals surface area (Å²) in [7, 11) is 0. The van der Waals surface area contributed by atoms with E-state index in [0.29, 0.717) is 0 Å². The van der Waals surface area contributed by atoms with E-state index < -0.39 is 0 Å². The van der Waals surface area contributed by atoms with Gasteiger partial charge in [-0.15, -0.1) is 0 Å². The number of hydrogen-bond donors (Lipinski definition) is 0. The van der Waals surface area contributed by atoms with E-state index in [2.05, 4.69) is 120 Å². The van der Waals surface area contributed by atoms with Crippen LogP contribution >= 0.6 is 0 Å². The molecule has 0 fully saturated rings. The normalized spacial score (nSPS) is 12.2. The smallest absolute Gasteiger partial charge is 0.0564 e. The molecule has 204 valence electrons. The van der Waals surface area contributed by atoms with Crippen LogP contribution in [0.3, 0.4) is 0 Å². The molecule has 2 heteroatoms. The third-order valence-electron chi connectivity index (χ3n) is 8.56. The van der Waals surface area contributed by atoms with Gasteiger partial charge in [0.2, 0.25) is 0 Å². The Hall–Kier alpha value is -3.78. The molecule has 0 N–H and O–H groups in total. The van der Waals surface area contributed by atoms with Crippen LogP contribution in [0.25, 0.3) is 55.8 Å². The van der Waals surface area contributed by atoms with Crippen LogP contribution in [0, 0.1) is 0 Å². The minimum Gasteiger partial charge on any atom is -0.340 e. The van der Waals surface area contributed by atoms with Crippen LogP contribution in [0.15, 0.2) is 84.9 Å². The summed E-state index contributed by atoms with van der Waals surface area (Å²) in [5.74, 6) is 0. The summed E-state index contributed by atoms with van der Waals surface area (Å²) < 4.78 is 5.15. The zero-order valence-corrected chi connectivity index (χ0v) is 24.2. The molecular weight excluding hydrogens is 484 g/mol. The molecule has 0 amide bonds. The summed E-state index contributed by atoms with van der Waals surface area (Å²) in [6.45, 7) is 6.70. The second-order valence-corrected chi connectivity index (χ2v) is 11.3. The van der Waals surface area contributed by atoms with Crippen molar-refractivity contribution in [2.24, 2.45) is 0 Å². The van der Waals surface area contributed by atoms with Gasteiger partial charge in [-0.3, -0.25) is 0 Å². The van der Waals surface area contributed by atoms with Gasteiger partial charge in [-0.1, -0.05) is 137 Å². The summed E-state index contributed by atoms with van der Waals surface area (Å²) in [5.41, 5.74) is 8.03. The molecule has 2 nitrogen and oxygen atoms in total. The van der Waals surface area contributed by atoms with Crippen molar-refractivity contribution in [1.82, 2.24) is 9.13 Å². The fourth-order valence-corrected chi connectivity index (χ4v) is 6.58. The molecule has 0 aliphatic carbocycles. The van der Waals surface area contributed by atoms with E-state index in [1.807, 2.05) is 0 Å². The van der Waals surface area contributed by atoms with Crippen molar-refractivity contribution in [3.63, 3.8) is 0 Å². The molecule has 4 aromatic carbocycles. The lowest BCUT2D eigenvalue weighted by molar-refractivity contribution is 0.602. The first-order valence-electron chi connectivity index (χ1n) is 15.5. The zero-order valence-electron chi connectivity index (χ0n) is 24.2. The quantitative estimate of drug-likeness (QED) is 0.111. The molecule has 0 atom stereocenters. The fraction of sp³-hybridized carbons (Fsp3) is 0.316. The predicted molar refractivity (Wildman–Crippen MR) is 176 cm³/mol. The Balaban J connectivity index is 1.46. The van der Waals surface area contributed by atoms with Crippen LogP contribution < -0.4 is 0 Å². The van der Waals surface area contributed by atoms with Crippen LogP contribution in [0.4, 0.5) is 0 Å². The maximum Gasteiger partial charge on any atom is 0.0564 e. The van der Waals surface area contributed by atoms with Crippen LogP contribution in [-0.2, 0) is 13.1 Å². The highest BCUT2D eigenvalue weighted by molar-refractivity contribution is 6.12. The van der Waals surface area contributed by atoms with Crippen molar-refractivity contribution in [1.29, 1.82) is 0 Å². The molecule has 0 bridgehead atoms. The third-order valence-corrected chi connectivity index (χ3v) is 8.56. The van der Waals surface area contributed by atoms with Gasteiger partial charge in [0, 0.05) is 45.7 Å². The number of rotatable bonds is 12. The Morgan fingerprint density at radius 2 is 0.875 bits per heavy atom. The summed E-state index contributed by atoms with van der Waals surface area (Å²) in [4.78, 5) is 0. The highest BCUT2D eigenvalue weighted by Gasteiger charge is 2.14. The number of benzene rings is 4. The van der Waals surface area contributed by atoms with Gasteiger partial charge < -0.3 is 9.13 Å². The van der Waals surface area contributed by atoms with E-state index in [4.69, 9.17) is 0 Å². The topological polar surface area (TPSA) is 9.86 Å². The maximum atomic E-state index is 2.57. The monoisotopic (exact) mass is 526 g/mol. The lowest BCUT2D eigenvalue weighted by atomic mass is 10.1. The minimum atomic E-state index is 1.07. The first-order chi connectivity index (χ1) is 19.8. The average Bonchev–Trinajstić information content (AvgIpc) is 3.50. The molecule has 0 saturated heterocycles. The van der Waals surface area contributed by atoms with Crippen molar-refractivity contribution in [2.45, 2.75) is 78.3 Å². The second-order valence-electron chi connectivity index (χ2n) is 11.3. The number of hydrogen-bond acceptors (Lipinski definition) is 0. The maximum absolute atomic E-state index is 2.57. The zero-order chi connectivity index (χ0) is 27.3. The molecular formula is C38H42N2. The Morgan fingerprint density at radius 3 is 1.32 bits per heavy atom. The molecule has 2 heterocycles. The van der Waals surface area contributed by atoms with Gasteiger partial charge in [0.15, 0.2) is 0 Å². The van der Waals surface area contributed by atoms with Gasteiger partial charge in [-0.25, -0.2) is 0 Å². The number of aromatic nitrogens is 2. The number of fused-ring (bicyclic) bond motifs is 6. The summed E-state index contributed by atoms with van der Waals surface area (Å²) >= 11 is 0. The van der Waals surface area contributed by atoms with Gasteiger partial charge in [0.05, 0.1) is 11.0 Å². The summed E-state index contributed by atoms with van der Waals surface area (Å²) in [6.07, 6.45) is 14.9. The lowest BCUT2D eigenvalue weighted by Crippen LogP contribution is -1.99. The van der Waals surface area contributed by atoms with E-state index >= 15 is 0 Å². The molecule has 0 spiro atoms. The highest BCUT2D eigenvalue weighted by atomic mass is 15.0. The minimum absolute atomic E-state index is 1.07. The predicted octanol–water partition coefficient (Wildman–Crippen LogP) is 11.2. The van der Waals surface area contributed by atoms with Crippen molar-refractivity contribution in [2.75, 3.05) is 0 Å². The van der Waals surface area contributed by atoms with Crippen LogP contribution in [0.5, 0.6) is 0 Å². The molecule has 40 heavy (non-hydrogen) atoms. The van der Waals surface area contributed by atoms with E-state index in [0.717, 1.165) is 13.1 Å². The molecule has 6 rings (SSSR count). The standard InChI is InChI=1S/C38H42N2/c1-3-5-7-13-27-39-35-23-11-9-19-31(35)33-21-15-17-29(37(33)39)25-26-30-18-16-22-34-32-20-10-12-24-36(32)40(38(30)34)28-14-8-6-4-2/h9-12,15-26H,3-8,13-14,27-28H2,1-2H3/b26-25+. The van der Waals surface area contributed by atoms with E-state index in [-0.39, 0.29) is 0 Å². The molecule has 0 radical (unpaired) electrons. The number of unbranched alkanes of at least 4 members (excludes halogenated alkanes) is 6. The number of aryl methyl sites for hydroxylation is 2. The second kappa shape index (κ2) is 12.2. The SMILES string of the molecule is CCCCCCn1c2ccccc2c2cccc(/C=C/c3cccc4c5ccccc5n(CCCCCC)c34)c21. The van der Waals surface area contributed by atoms with E-state index in [9.17, 15) is 0 Å². The largest absolute Gasteiger partial charge is 0.340 e. The van der Waals surface area contributed by atoms with Crippen molar-refractivity contribution < 1.29 is 0 Å². The van der Waals surface area contributed by atoms with Gasteiger partial charge >= 0.3 is 0 Å². The Labute approximate surface area is 238 Å². The number of nitrogens with zero attached hydrogens (tertiary/aromatic N) is 2. The molecule has 6 aromatic rings. The van der Waals surface area contributed by atoms with Crippen LogP contribution in [0.1, 0.15) is 76.3 Å². The average molecular weight is 527 g/mol. The van der Waals surface area contributed by atoms with Crippen molar-refractivity contribution in [3.05, 3.63) is 96.1 Å². The van der Waals surface area contributed by atoms with Gasteiger partial charge in [-0.2, -0.15) is 0 Å². The number of para-hydroxylation sites is 4. The molecule has 0 unspecified atom stereocenters. The van der Waals surface area contributed by atoms with Crippen LogP contribution in [0.2, 0.25) is 0 Å². The molecule has 0 aliphatic rings. The summed E-state index contributed by atoms with van der Waals surface area (Å²) in [5, 5.41) is 5.43. The van der Waals surface area contributed by atoms with E-state index in [1.54, 1.807) is 0 Å². The van der Waals surface area contributed by atoms with E-state index in [1.165, 1.54) is 106 Å². The molecule has 0 saturated carbocycles. The van der Waals surface area contributed by atoms with Gasteiger partial charge in [0.1, 0.15) is 0 Å². The van der Waals surface area contributed by atoms with Crippen LogP contribution in [-0.4, -0.2) is 9.13 Å². The van der Waals surface area contributed by atoms with Crippen molar-refractivity contribution >= 4 is 55.8 Å². The molecule has 0 aliphatic heterocycles. The Morgan fingerprint density at radius 1 is 0.450 bits per heavy atom. The van der Waals surface area contributed by atoms with Gasteiger partial charge in [-0.05, 0) is 36.1 Å². The van der Waals surface area contributed by atoms with Crippen molar-refractivity contribution in [3.8, 4) is 0 Å². The summed E-state index contributed by atoms with van der Waals surface area (Å²) in [6, 6.07) is 31.5. The Kier molecular flexibility index (Phi) is 8.04. The first-order valence-corrected chi connectivity index (χ1v) is 15.5. The lowest BCUT2D eigenvalue weighted by Gasteiger charge is -2.11. The Bertz CT molecular complexity index is 1650. The fourth-order valence-electron chi connectivity index (χ4n) is 6.58. The first kappa shape index (κ1) is 26.4. The molecule has 2 aromatic heterocycles.